The number of ether oxygens (including phenoxy) is 1. The summed E-state index contributed by atoms with van der Waals surface area (Å²) in [4.78, 5) is 0. The molecule has 0 bridgehead atoms. The van der Waals surface area contributed by atoms with Crippen LogP contribution < -0.4 is 5.73 Å². The summed E-state index contributed by atoms with van der Waals surface area (Å²) in [6, 6.07) is 0.436. The summed E-state index contributed by atoms with van der Waals surface area (Å²) in [6.45, 7) is 0. The zero-order chi connectivity index (χ0) is 7.19. The molecule has 0 aromatic heterocycles. The first kappa shape index (κ1) is 6.62. The van der Waals surface area contributed by atoms with E-state index >= 15 is 0 Å². The highest BCUT2D eigenvalue weighted by Gasteiger charge is 2.56. The molecule has 2 saturated carbocycles. The lowest BCUT2D eigenvalue weighted by molar-refractivity contribution is -0.151. The van der Waals surface area contributed by atoms with Crippen molar-refractivity contribution in [1.29, 1.82) is 0 Å². The van der Waals surface area contributed by atoms with E-state index in [-0.39, 0.29) is 0 Å². The normalized spacial score (nSPS) is 42.6. The maximum Gasteiger partial charge on any atom is 0.0657 e. The molecule has 2 N–H and O–H groups in total. The predicted octanol–water partition coefficient (Wildman–Crippen LogP) is 0.903. The van der Waals surface area contributed by atoms with Crippen LogP contribution in [0, 0.1) is 5.41 Å². The standard InChI is InChI=1S/C8H15NO/c1-10-7-5-6(9)8(7)3-2-4-8/h6-7H,2-5,9H2,1H3/t6-,7+/m1/s1. The Balaban J connectivity index is 2.03. The van der Waals surface area contributed by atoms with Crippen molar-refractivity contribution in [2.24, 2.45) is 11.1 Å². The van der Waals surface area contributed by atoms with Crippen molar-refractivity contribution in [2.45, 2.75) is 37.8 Å². The molecule has 0 amide bonds. The Bertz CT molecular complexity index is 142. The number of methoxy groups -OCH3 is 1. The second-order valence-corrected chi connectivity index (χ2v) is 3.65. The highest BCUT2D eigenvalue weighted by atomic mass is 16.5. The Morgan fingerprint density at radius 1 is 1.50 bits per heavy atom. The van der Waals surface area contributed by atoms with Crippen LogP contribution in [0.3, 0.4) is 0 Å². The van der Waals surface area contributed by atoms with Gasteiger partial charge in [-0.05, 0) is 19.3 Å². The topological polar surface area (TPSA) is 35.2 Å². The van der Waals surface area contributed by atoms with Crippen LogP contribution in [0.4, 0.5) is 0 Å². The van der Waals surface area contributed by atoms with Crippen LogP contribution in [-0.2, 0) is 4.74 Å². The lowest BCUT2D eigenvalue weighted by atomic mass is 9.51. The van der Waals surface area contributed by atoms with Gasteiger partial charge in [0, 0.05) is 18.6 Å². The van der Waals surface area contributed by atoms with E-state index in [9.17, 15) is 0 Å². The molecule has 2 heteroatoms. The van der Waals surface area contributed by atoms with Gasteiger partial charge in [-0.1, -0.05) is 6.42 Å². The maximum absolute atomic E-state index is 5.90. The summed E-state index contributed by atoms with van der Waals surface area (Å²) in [5, 5.41) is 0. The van der Waals surface area contributed by atoms with Gasteiger partial charge in [-0.25, -0.2) is 0 Å². The van der Waals surface area contributed by atoms with Crippen LogP contribution in [0.25, 0.3) is 0 Å². The van der Waals surface area contributed by atoms with Gasteiger partial charge in [-0.3, -0.25) is 0 Å². The van der Waals surface area contributed by atoms with Gasteiger partial charge in [0.1, 0.15) is 0 Å². The zero-order valence-electron chi connectivity index (χ0n) is 6.47. The van der Waals surface area contributed by atoms with Crippen LogP contribution in [0.15, 0.2) is 0 Å². The predicted molar refractivity (Wildman–Crippen MR) is 39.7 cm³/mol. The molecule has 2 nitrogen and oxygen atoms in total. The molecule has 2 rings (SSSR count). The SMILES string of the molecule is CO[C@H]1C[C@@H](N)C12CCC2. The van der Waals surface area contributed by atoms with Crippen LogP contribution in [0.5, 0.6) is 0 Å². The number of nitrogens with two attached hydrogens (primary N) is 1. The van der Waals surface area contributed by atoms with Crippen LogP contribution in [0.1, 0.15) is 25.7 Å². The van der Waals surface area contributed by atoms with Crippen molar-refractivity contribution < 1.29 is 4.74 Å². The lowest BCUT2D eigenvalue weighted by Gasteiger charge is -2.59. The van der Waals surface area contributed by atoms with Gasteiger partial charge in [0.25, 0.3) is 0 Å². The first-order valence-corrected chi connectivity index (χ1v) is 4.08. The second-order valence-electron chi connectivity index (χ2n) is 3.65. The minimum atomic E-state index is 0.425. The van der Waals surface area contributed by atoms with E-state index in [1.165, 1.54) is 19.3 Å². The minimum absolute atomic E-state index is 0.425. The molecule has 58 valence electrons. The van der Waals surface area contributed by atoms with Crippen molar-refractivity contribution in [3.8, 4) is 0 Å². The number of rotatable bonds is 1. The van der Waals surface area contributed by atoms with E-state index in [4.69, 9.17) is 10.5 Å². The summed E-state index contributed by atoms with van der Waals surface area (Å²) in [5.41, 5.74) is 6.33. The van der Waals surface area contributed by atoms with E-state index in [0.29, 0.717) is 17.6 Å². The molecule has 0 unspecified atom stereocenters. The smallest absolute Gasteiger partial charge is 0.0657 e. The third kappa shape index (κ3) is 0.565. The summed E-state index contributed by atoms with van der Waals surface area (Å²) < 4.78 is 5.33. The molecular weight excluding hydrogens is 126 g/mol. The Labute approximate surface area is 61.7 Å². The van der Waals surface area contributed by atoms with Gasteiger partial charge in [-0.2, -0.15) is 0 Å². The molecule has 0 aromatic carbocycles. The van der Waals surface area contributed by atoms with Crippen molar-refractivity contribution in [3.63, 3.8) is 0 Å². The van der Waals surface area contributed by atoms with Gasteiger partial charge in [0.05, 0.1) is 6.10 Å². The van der Waals surface area contributed by atoms with Crippen molar-refractivity contribution in [2.75, 3.05) is 7.11 Å². The molecule has 0 aliphatic heterocycles. The van der Waals surface area contributed by atoms with Crippen LogP contribution >= 0.6 is 0 Å². The fraction of sp³-hybridized carbons (Fsp3) is 1.00. The van der Waals surface area contributed by atoms with E-state index < -0.39 is 0 Å². The maximum atomic E-state index is 5.90. The Hall–Kier alpha value is -0.0800. The fourth-order valence-electron chi connectivity index (χ4n) is 2.39. The highest BCUT2D eigenvalue weighted by molar-refractivity contribution is 5.10. The molecule has 0 aromatic rings. The van der Waals surface area contributed by atoms with Gasteiger partial charge < -0.3 is 10.5 Å². The molecule has 0 heterocycles. The number of hydrogen-bond donors (Lipinski definition) is 1. The first-order valence-electron chi connectivity index (χ1n) is 4.08. The average Bonchev–Trinajstić information content (AvgIpc) is 1.78. The third-order valence-corrected chi connectivity index (χ3v) is 3.42. The zero-order valence-corrected chi connectivity index (χ0v) is 6.47. The molecular formula is C8H15NO. The van der Waals surface area contributed by atoms with Crippen LogP contribution in [0.2, 0.25) is 0 Å². The van der Waals surface area contributed by atoms with Gasteiger partial charge >= 0.3 is 0 Å². The fourth-order valence-corrected chi connectivity index (χ4v) is 2.39. The third-order valence-electron chi connectivity index (χ3n) is 3.42. The summed E-state index contributed by atoms with van der Waals surface area (Å²) in [5.74, 6) is 0. The Morgan fingerprint density at radius 3 is 2.40 bits per heavy atom. The van der Waals surface area contributed by atoms with Gasteiger partial charge in [0.15, 0.2) is 0 Å². The summed E-state index contributed by atoms with van der Waals surface area (Å²) in [7, 11) is 1.80. The minimum Gasteiger partial charge on any atom is -0.381 e. The van der Waals surface area contributed by atoms with Crippen molar-refractivity contribution in [1.82, 2.24) is 0 Å². The molecule has 0 saturated heterocycles. The van der Waals surface area contributed by atoms with E-state index in [1.54, 1.807) is 7.11 Å². The van der Waals surface area contributed by atoms with Crippen LogP contribution in [-0.4, -0.2) is 19.3 Å². The lowest BCUT2D eigenvalue weighted by Crippen LogP contribution is -2.65. The molecule has 0 radical (unpaired) electrons. The van der Waals surface area contributed by atoms with E-state index in [2.05, 4.69) is 0 Å². The van der Waals surface area contributed by atoms with Gasteiger partial charge in [0.2, 0.25) is 0 Å². The second kappa shape index (κ2) is 1.95. The van der Waals surface area contributed by atoms with E-state index in [0.717, 1.165) is 6.42 Å². The summed E-state index contributed by atoms with van der Waals surface area (Å²) >= 11 is 0. The molecule has 2 aliphatic rings. The molecule has 10 heavy (non-hydrogen) atoms. The van der Waals surface area contributed by atoms with E-state index in [1.807, 2.05) is 0 Å². The van der Waals surface area contributed by atoms with Crippen molar-refractivity contribution >= 4 is 0 Å². The Kier molecular flexibility index (Phi) is 1.29. The molecule has 2 aliphatic carbocycles. The quantitative estimate of drug-likeness (QED) is 0.589. The molecule has 2 fully saturated rings. The Morgan fingerprint density at radius 2 is 2.20 bits per heavy atom. The monoisotopic (exact) mass is 141 g/mol. The first-order chi connectivity index (χ1) is 4.79. The number of hydrogen-bond acceptors (Lipinski definition) is 2. The van der Waals surface area contributed by atoms with Crippen molar-refractivity contribution in [3.05, 3.63) is 0 Å². The molecule has 2 atom stereocenters. The van der Waals surface area contributed by atoms with Gasteiger partial charge in [-0.15, -0.1) is 0 Å². The average molecular weight is 141 g/mol. The largest absolute Gasteiger partial charge is 0.381 e. The highest BCUT2D eigenvalue weighted by Crippen LogP contribution is 2.56. The molecule has 1 spiro atoms. The summed E-state index contributed by atoms with van der Waals surface area (Å²) in [6.07, 6.45) is 5.51.